The monoisotopic (exact) mass is 331 g/mol. The maximum atomic E-state index is 13.0. The Morgan fingerprint density at radius 2 is 2.00 bits per heavy atom. The van der Waals surface area contributed by atoms with Crippen molar-refractivity contribution in [1.82, 2.24) is 14.8 Å². The van der Waals surface area contributed by atoms with Gasteiger partial charge in [-0.25, -0.2) is 9.37 Å². The fraction of sp³-hybridized carbons (Fsp3) is 0.412. The number of carbonyl (C=O) groups excluding carboxylic acids is 1. The normalized spacial score (nSPS) is 24.1. The minimum absolute atomic E-state index is 0.0578. The molecule has 2 aliphatic heterocycles. The maximum Gasteiger partial charge on any atom is 0.273 e. The van der Waals surface area contributed by atoms with Crippen molar-refractivity contribution in [3.8, 4) is 0 Å². The first-order valence-electron chi connectivity index (χ1n) is 7.90. The Labute approximate surface area is 138 Å². The molecule has 0 saturated carbocycles. The highest BCUT2D eigenvalue weighted by molar-refractivity contribution is 7.07. The number of benzene rings is 1. The van der Waals surface area contributed by atoms with Gasteiger partial charge in [0.1, 0.15) is 11.5 Å². The Balaban J connectivity index is 1.45. The molecule has 2 fully saturated rings. The number of rotatable bonds is 3. The van der Waals surface area contributed by atoms with Gasteiger partial charge in [0.05, 0.1) is 5.51 Å². The summed E-state index contributed by atoms with van der Waals surface area (Å²) in [5.41, 5.74) is 3.39. The number of hydrogen-bond acceptors (Lipinski definition) is 4. The quantitative estimate of drug-likeness (QED) is 0.868. The van der Waals surface area contributed by atoms with Gasteiger partial charge in [-0.15, -0.1) is 11.3 Å². The van der Waals surface area contributed by atoms with Crippen LogP contribution in [0.15, 0.2) is 35.2 Å². The fourth-order valence-corrected chi connectivity index (χ4v) is 4.34. The Morgan fingerprint density at radius 3 is 2.74 bits per heavy atom. The Hall–Kier alpha value is -1.79. The lowest BCUT2D eigenvalue weighted by molar-refractivity contribution is 0.0727. The average molecular weight is 331 g/mol. The number of likely N-dealkylation sites (tertiary alicyclic amines) is 2. The summed E-state index contributed by atoms with van der Waals surface area (Å²) in [5.74, 6) is -0.142. The average Bonchev–Trinajstić information content (AvgIpc) is 3.27. The predicted octanol–water partition coefficient (Wildman–Crippen LogP) is 2.77. The highest BCUT2D eigenvalue weighted by Gasteiger charge is 2.44. The molecule has 120 valence electrons. The second-order valence-corrected chi connectivity index (χ2v) is 6.90. The Bertz CT molecular complexity index is 688. The van der Waals surface area contributed by atoms with Crippen LogP contribution >= 0.6 is 11.3 Å². The van der Waals surface area contributed by atoms with Crippen molar-refractivity contribution in [2.75, 3.05) is 13.1 Å². The van der Waals surface area contributed by atoms with Crippen LogP contribution in [0.3, 0.4) is 0 Å². The number of hydrogen-bond donors (Lipinski definition) is 0. The predicted molar refractivity (Wildman–Crippen MR) is 86.8 cm³/mol. The molecule has 6 heteroatoms. The molecule has 4 nitrogen and oxygen atoms in total. The van der Waals surface area contributed by atoms with E-state index in [1.165, 1.54) is 23.5 Å². The standard InChI is InChI=1S/C17H18FN3OS/c18-13-3-1-12(2-4-13)9-20-7-5-16-15(20)6-8-21(16)17(22)14-10-23-11-19-14/h1-4,10-11,15-16H,5-9H2/t15-,16+/m1/s1. The summed E-state index contributed by atoms with van der Waals surface area (Å²) in [4.78, 5) is 21.1. The molecule has 0 radical (unpaired) electrons. The third kappa shape index (κ3) is 2.77. The number of amides is 1. The van der Waals surface area contributed by atoms with E-state index >= 15 is 0 Å². The summed E-state index contributed by atoms with van der Waals surface area (Å²) < 4.78 is 13.0. The van der Waals surface area contributed by atoms with Crippen LogP contribution in [0.1, 0.15) is 28.9 Å². The second kappa shape index (κ2) is 6.02. The molecule has 1 amide bonds. The zero-order valence-corrected chi connectivity index (χ0v) is 13.5. The van der Waals surface area contributed by atoms with Crippen molar-refractivity contribution in [3.63, 3.8) is 0 Å². The van der Waals surface area contributed by atoms with Gasteiger partial charge in [-0.1, -0.05) is 12.1 Å². The molecule has 0 spiro atoms. The van der Waals surface area contributed by atoms with Crippen molar-refractivity contribution < 1.29 is 9.18 Å². The van der Waals surface area contributed by atoms with Crippen molar-refractivity contribution in [2.24, 2.45) is 0 Å². The van der Waals surface area contributed by atoms with Gasteiger partial charge >= 0.3 is 0 Å². The van der Waals surface area contributed by atoms with Crippen molar-refractivity contribution in [2.45, 2.75) is 31.5 Å². The molecular formula is C17H18FN3OS. The Kier molecular flexibility index (Phi) is 3.87. The minimum Gasteiger partial charge on any atom is -0.333 e. The summed E-state index contributed by atoms with van der Waals surface area (Å²) in [5, 5.41) is 1.82. The van der Waals surface area contributed by atoms with Crippen LogP contribution in [0.2, 0.25) is 0 Å². The number of halogens is 1. The molecule has 2 aromatic rings. The van der Waals surface area contributed by atoms with E-state index < -0.39 is 0 Å². The smallest absolute Gasteiger partial charge is 0.273 e. The summed E-state index contributed by atoms with van der Waals surface area (Å²) in [6, 6.07) is 7.39. The van der Waals surface area contributed by atoms with Crippen LogP contribution in [0, 0.1) is 5.82 Å². The third-order valence-electron chi connectivity index (χ3n) is 4.90. The van der Waals surface area contributed by atoms with E-state index in [1.54, 1.807) is 5.51 Å². The van der Waals surface area contributed by atoms with Crippen LogP contribution in [0.25, 0.3) is 0 Å². The Morgan fingerprint density at radius 1 is 1.22 bits per heavy atom. The zero-order chi connectivity index (χ0) is 15.8. The lowest BCUT2D eigenvalue weighted by Gasteiger charge is -2.25. The van der Waals surface area contributed by atoms with Crippen LogP contribution in [0.4, 0.5) is 4.39 Å². The number of aromatic nitrogens is 1. The van der Waals surface area contributed by atoms with E-state index in [4.69, 9.17) is 0 Å². The molecule has 3 heterocycles. The molecule has 2 aliphatic rings. The zero-order valence-electron chi connectivity index (χ0n) is 12.7. The molecule has 1 aromatic carbocycles. The highest BCUT2D eigenvalue weighted by atomic mass is 32.1. The summed E-state index contributed by atoms with van der Waals surface area (Å²) >= 11 is 1.46. The summed E-state index contributed by atoms with van der Waals surface area (Å²) in [6.45, 7) is 2.60. The van der Waals surface area contributed by atoms with E-state index in [1.807, 2.05) is 22.4 Å². The van der Waals surface area contributed by atoms with Crippen LogP contribution < -0.4 is 0 Å². The van der Waals surface area contributed by atoms with Gasteiger partial charge in [-0.05, 0) is 30.5 Å². The molecule has 23 heavy (non-hydrogen) atoms. The topological polar surface area (TPSA) is 36.4 Å². The van der Waals surface area contributed by atoms with Gasteiger partial charge < -0.3 is 4.90 Å². The number of nitrogens with zero attached hydrogens (tertiary/aromatic N) is 3. The van der Waals surface area contributed by atoms with E-state index in [9.17, 15) is 9.18 Å². The summed E-state index contributed by atoms with van der Waals surface area (Å²) in [6.07, 6.45) is 2.00. The first kappa shape index (κ1) is 14.8. The van der Waals surface area contributed by atoms with E-state index in [0.29, 0.717) is 11.7 Å². The lowest BCUT2D eigenvalue weighted by atomic mass is 10.1. The largest absolute Gasteiger partial charge is 0.333 e. The summed E-state index contributed by atoms with van der Waals surface area (Å²) in [7, 11) is 0. The molecule has 2 saturated heterocycles. The van der Waals surface area contributed by atoms with E-state index in [2.05, 4.69) is 9.88 Å². The van der Waals surface area contributed by atoms with Crippen molar-refractivity contribution in [1.29, 1.82) is 0 Å². The van der Waals surface area contributed by atoms with Gasteiger partial charge in [0, 0.05) is 37.1 Å². The maximum absolute atomic E-state index is 13.0. The lowest BCUT2D eigenvalue weighted by Crippen LogP contribution is -2.39. The van der Waals surface area contributed by atoms with Gasteiger partial charge in [0.2, 0.25) is 0 Å². The van der Waals surface area contributed by atoms with Crippen LogP contribution in [-0.4, -0.2) is 45.9 Å². The molecule has 2 atom stereocenters. The molecule has 0 bridgehead atoms. The molecule has 4 rings (SSSR count). The van der Waals surface area contributed by atoms with Crippen molar-refractivity contribution >= 4 is 17.2 Å². The second-order valence-electron chi connectivity index (χ2n) is 6.18. The minimum atomic E-state index is -0.200. The van der Waals surface area contributed by atoms with Crippen molar-refractivity contribution in [3.05, 3.63) is 52.2 Å². The SMILES string of the molecule is O=C(c1cscn1)N1CC[C@@H]2[C@@H]1CCN2Cc1ccc(F)cc1. The van der Waals surface area contributed by atoms with Gasteiger partial charge in [-0.2, -0.15) is 0 Å². The van der Waals surface area contributed by atoms with E-state index in [0.717, 1.165) is 38.0 Å². The number of carbonyl (C=O) groups is 1. The highest BCUT2D eigenvalue weighted by Crippen LogP contribution is 2.33. The molecule has 1 aromatic heterocycles. The first-order valence-corrected chi connectivity index (χ1v) is 8.84. The fourth-order valence-electron chi connectivity index (χ4n) is 3.81. The van der Waals surface area contributed by atoms with Crippen LogP contribution in [0.5, 0.6) is 0 Å². The third-order valence-corrected chi connectivity index (χ3v) is 5.49. The molecule has 0 aliphatic carbocycles. The molecule has 0 N–H and O–H groups in total. The molecule has 0 unspecified atom stereocenters. The van der Waals surface area contributed by atoms with Gasteiger partial charge in [0.15, 0.2) is 0 Å². The van der Waals surface area contributed by atoms with Gasteiger partial charge in [0.25, 0.3) is 5.91 Å². The number of thiazole rings is 1. The van der Waals surface area contributed by atoms with E-state index in [-0.39, 0.29) is 17.8 Å². The first-order chi connectivity index (χ1) is 11.2. The molecular weight excluding hydrogens is 313 g/mol. The van der Waals surface area contributed by atoms with Crippen LogP contribution in [-0.2, 0) is 6.54 Å². The van der Waals surface area contributed by atoms with Gasteiger partial charge in [-0.3, -0.25) is 9.69 Å². The number of fused-ring (bicyclic) bond motifs is 1.